The van der Waals surface area contributed by atoms with Crippen LogP contribution in [0.4, 0.5) is 0 Å². The topological polar surface area (TPSA) is 103 Å². The van der Waals surface area contributed by atoms with Crippen molar-refractivity contribution in [2.24, 2.45) is 0 Å². The maximum Gasteiger partial charge on any atom is 0.241 e. The fraction of sp³-hybridized carbons (Fsp3) is 0.562. The fourth-order valence-corrected chi connectivity index (χ4v) is 4.41. The van der Waals surface area contributed by atoms with Gasteiger partial charge in [0, 0.05) is 12.3 Å². The van der Waals surface area contributed by atoms with Gasteiger partial charge in [-0.3, -0.25) is 4.79 Å². The van der Waals surface area contributed by atoms with Crippen LogP contribution in [0.25, 0.3) is 0 Å². The first-order chi connectivity index (χ1) is 11.9. The van der Waals surface area contributed by atoms with Gasteiger partial charge in [-0.15, -0.1) is 12.4 Å². The van der Waals surface area contributed by atoms with E-state index in [1.165, 1.54) is 0 Å². The van der Waals surface area contributed by atoms with Gasteiger partial charge in [0.1, 0.15) is 12.4 Å². The van der Waals surface area contributed by atoms with Crippen LogP contribution in [0.3, 0.4) is 0 Å². The Balaban J connectivity index is 0.00000243. The lowest BCUT2D eigenvalue weighted by Crippen LogP contribution is -2.57. The summed E-state index contributed by atoms with van der Waals surface area (Å²) >= 11 is 0. The second-order valence-electron chi connectivity index (χ2n) is 6.14. The monoisotopic (exact) mass is 406 g/mol. The summed E-state index contributed by atoms with van der Waals surface area (Å²) in [5.41, 5.74) is 0. The molecule has 146 valence electrons. The average molecular weight is 407 g/mol. The largest absolute Gasteiger partial charge is 0.492 e. The smallest absolute Gasteiger partial charge is 0.241 e. The Morgan fingerprint density at radius 1 is 1.27 bits per heavy atom. The van der Waals surface area contributed by atoms with Gasteiger partial charge in [-0.25, -0.2) is 8.42 Å². The molecule has 0 aliphatic carbocycles. The van der Waals surface area contributed by atoms with E-state index in [9.17, 15) is 13.2 Å². The third-order valence-electron chi connectivity index (χ3n) is 4.54. The molecule has 1 aromatic rings. The molecule has 3 rings (SSSR count). The number of rotatable bonds is 6. The first-order valence-electron chi connectivity index (χ1n) is 8.13. The van der Waals surface area contributed by atoms with Gasteiger partial charge in [0.2, 0.25) is 12.7 Å². The highest BCUT2D eigenvalue weighted by molar-refractivity contribution is 7.92. The molecule has 8 nitrogen and oxygen atoms in total. The molecule has 0 unspecified atom stereocenters. The lowest BCUT2D eigenvalue weighted by molar-refractivity contribution is -0.124. The summed E-state index contributed by atoms with van der Waals surface area (Å²) in [5.74, 6) is 1.43. The average Bonchev–Trinajstić information content (AvgIpc) is 3.06. The highest BCUT2D eigenvalue weighted by atomic mass is 35.5. The number of nitrogens with one attached hydrogen (secondary N) is 2. The number of benzene rings is 1. The Morgan fingerprint density at radius 2 is 1.96 bits per heavy atom. The number of sulfone groups is 1. The van der Waals surface area contributed by atoms with Crippen molar-refractivity contribution in [2.45, 2.75) is 17.6 Å². The molecular weight excluding hydrogens is 384 g/mol. The third kappa shape index (κ3) is 4.16. The second-order valence-corrected chi connectivity index (χ2v) is 8.46. The zero-order valence-corrected chi connectivity index (χ0v) is 16.1. The van der Waals surface area contributed by atoms with Crippen LogP contribution < -0.4 is 24.8 Å². The minimum atomic E-state index is -3.51. The van der Waals surface area contributed by atoms with Gasteiger partial charge >= 0.3 is 0 Å². The maximum absolute atomic E-state index is 12.5. The van der Waals surface area contributed by atoms with E-state index in [-0.39, 0.29) is 45.2 Å². The molecule has 26 heavy (non-hydrogen) atoms. The van der Waals surface area contributed by atoms with E-state index in [2.05, 4.69) is 10.6 Å². The van der Waals surface area contributed by atoms with Gasteiger partial charge in [0.15, 0.2) is 26.1 Å². The number of halogens is 1. The molecule has 2 aliphatic heterocycles. The minimum absolute atomic E-state index is 0. The van der Waals surface area contributed by atoms with Crippen LogP contribution in [-0.2, 0) is 14.6 Å². The molecule has 0 radical (unpaired) electrons. The number of carbonyl (C=O) groups excluding carboxylic acids is 1. The van der Waals surface area contributed by atoms with Crippen molar-refractivity contribution in [1.82, 2.24) is 10.6 Å². The molecule has 0 atom stereocenters. The van der Waals surface area contributed by atoms with E-state index in [0.717, 1.165) is 6.26 Å². The number of fused-ring (bicyclic) bond motifs is 1. The summed E-state index contributed by atoms with van der Waals surface area (Å²) < 4.78 is 39.1. The minimum Gasteiger partial charge on any atom is -0.492 e. The highest BCUT2D eigenvalue weighted by Gasteiger charge is 2.48. The van der Waals surface area contributed by atoms with Crippen molar-refractivity contribution >= 4 is 28.2 Å². The van der Waals surface area contributed by atoms with E-state index in [1.807, 2.05) is 0 Å². The maximum atomic E-state index is 12.5. The number of hydrogen-bond donors (Lipinski definition) is 2. The van der Waals surface area contributed by atoms with Crippen LogP contribution in [0.15, 0.2) is 18.2 Å². The molecule has 0 spiro atoms. The number of ether oxygens (including phenoxy) is 3. The summed E-state index contributed by atoms with van der Waals surface area (Å²) in [4.78, 5) is 12.5. The Kier molecular flexibility index (Phi) is 6.59. The Bertz CT molecular complexity index is 749. The van der Waals surface area contributed by atoms with Crippen molar-refractivity contribution in [3.8, 4) is 17.2 Å². The van der Waals surface area contributed by atoms with E-state index >= 15 is 0 Å². The van der Waals surface area contributed by atoms with Crippen LogP contribution in [0, 0.1) is 0 Å². The van der Waals surface area contributed by atoms with Gasteiger partial charge in [-0.2, -0.15) is 0 Å². The molecule has 1 amide bonds. The van der Waals surface area contributed by atoms with E-state index in [0.29, 0.717) is 30.3 Å². The molecule has 2 heterocycles. The summed E-state index contributed by atoms with van der Waals surface area (Å²) in [6.07, 6.45) is 1.68. The van der Waals surface area contributed by atoms with Gasteiger partial charge in [-0.05, 0) is 38.1 Å². The quantitative estimate of drug-likeness (QED) is 0.663. The first kappa shape index (κ1) is 20.6. The van der Waals surface area contributed by atoms with Crippen molar-refractivity contribution in [1.29, 1.82) is 0 Å². The van der Waals surface area contributed by atoms with Crippen molar-refractivity contribution in [3.05, 3.63) is 18.2 Å². The van der Waals surface area contributed by atoms with Crippen molar-refractivity contribution in [2.75, 3.05) is 39.3 Å². The predicted molar refractivity (Wildman–Crippen MR) is 98.0 cm³/mol. The summed E-state index contributed by atoms with van der Waals surface area (Å²) in [6, 6.07) is 5.22. The Labute approximate surface area is 158 Å². The van der Waals surface area contributed by atoms with Crippen LogP contribution in [0.1, 0.15) is 12.8 Å². The Morgan fingerprint density at radius 3 is 2.65 bits per heavy atom. The van der Waals surface area contributed by atoms with Crippen molar-refractivity contribution in [3.63, 3.8) is 0 Å². The van der Waals surface area contributed by atoms with Crippen LogP contribution in [0.5, 0.6) is 17.2 Å². The number of amides is 1. The molecule has 2 aliphatic rings. The van der Waals surface area contributed by atoms with E-state index < -0.39 is 20.5 Å². The normalized spacial score (nSPS) is 17.9. The van der Waals surface area contributed by atoms with Gasteiger partial charge in [0.25, 0.3) is 0 Å². The fourth-order valence-electron chi connectivity index (χ4n) is 3.06. The van der Waals surface area contributed by atoms with Gasteiger partial charge in [0.05, 0.1) is 6.54 Å². The molecule has 10 heteroatoms. The summed E-state index contributed by atoms with van der Waals surface area (Å²) in [6.45, 7) is 1.65. The molecule has 2 N–H and O–H groups in total. The third-order valence-corrected chi connectivity index (χ3v) is 6.55. The molecular formula is C16H23ClN2O6S. The van der Waals surface area contributed by atoms with Gasteiger partial charge < -0.3 is 24.8 Å². The van der Waals surface area contributed by atoms with Crippen molar-refractivity contribution < 1.29 is 27.4 Å². The van der Waals surface area contributed by atoms with E-state index in [1.54, 1.807) is 18.2 Å². The second kappa shape index (κ2) is 8.32. The van der Waals surface area contributed by atoms with Crippen LogP contribution in [0.2, 0.25) is 0 Å². The van der Waals surface area contributed by atoms with E-state index in [4.69, 9.17) is 14.2 Å². The molecule has 0 aromatic heterocycles. The number of piperidine rings is 1. The van der Waals surface area contributed by atoms with Crippen LogP contribution >= 0.6 is 12.4 Å². The molecule has 1 aromatic carbocycles. The van der Waals surface area contributed by atoms with Crippen LogP contribution in [-0.4, -0.2) is 58.4 Å². The number of carbonyl (C=O) groups is 1. The first-order valence-corrected chi connectivity index (χ1v) is 10.0. The standard InChI is InChI=1S/C16H22N2O6S.ClH/c1-25(20,21)16(4-6-17-7-5-16)15(19)18-8-9-22-12-2-3-13-14(10-12)24-11-23-13;/h2-3,10,17H,4-9,11H2,1H3,(H,18,19);1H. The number of hydrogen-bond acceptors (Lipinski definition) is 7. The molecule has 1 fully saturated rings. The molecule has 0 saturated carbocycles. The molecule has 1 saturated heterocycles. The Hall–Kier alpha value is -1.71. The summed E-state index contributed by atoms with van der Waals surface area (Å²) in [7, 11) is -3.51. The SMILES string of the molecule is CS(=O)(=O)C1(C(=O)NCCOc2ccc3c(c2)OCO3)CCNCC1.Cl. The predicted octanol–water partition coefficient (Wildman–Crippen LogP) is 0.499. The van der Waals surface area contributed by atoms with Gasteiger partial charge in [-0.1, -0.05) is 0 Å². The zero-order chi connectivity index (χ0) is 17.9. The molecule has 0 bridgehead atoms. The lowest BCUT2D eigenvalue weighted by atomic mass is 9.96. The highest BCUT2D eigenvalue weighted by Crippen LogP contribution is 2.35. The lowest BCUT2D eigenvalue weighted by Gasteiger charge is -2.34. The zero-order valence-electron chi connectivity index (χ0n) is 14.4. The summed E-state index contributed by atoms with van der Waals surface area (Å²) in [5, 5.41) is 5.78.